The van der Waals surface area contributed by atoms with Gasteiger partial charge in [-0.2, -0.15) is 5.10 Å². The third-order valence-electron chi connectivity index (χ3n) is 3.65. The maximum Gasteiger partial charge on any atom is 0.336 e. The number of benzene rings is 2. The number of halogens is 3. The van der Waals surface area contributed by atoms with Gasteiger partial charge in [0.05, 0.1) is 23.1 Å². The average molecular weight is 508 g/mol. The molecule has 0 radical (unpaired) electrons. The van der Waals surface area contributed by atoms with Gasteiger partial charge < -0.3 is 9.15 Å². The van der Waals surface area contributed by atoms with Crippen LogP contribution in [-0.2, 0) is 4.79 Å². The van der Waals surface area contributed by atoms with E-state index in [9.17, 15) is 9.59 Å². The van der Waals surface area contributed by atoms with Crippen molar-refractivity contribution in [3.8, 4) is 5.75 Å². The van der Waals surface area contributed by atoms with Crippen LogP contribution in [0.4, 0.5) is 0 Å². The topological polar surface area (TPSA) is 80.9 Å². The number of hydrazone groups is 1. The minimum absolute atomic E-state index is 0.204. The van der Waals surface area contributed by atoms with Crippen molar-refractivity contribution in [3.63, 3.8) is 0 Å². The van der Waals surface area contributed by atoms with E-state index in [1.807, 2.05) is 0 Å². The van der Waals surface area contributed by atoms with Crippen LogP contribution in [0.3, 0.4) is 0 Å². The molecule has 1 aromatic heterocycles. The van der Waals surface area contributed by atoms with E-state index < -0.39 is 11.9 Å². The minimum Gasteiger partial charge on any atom is -0.465 e. The molecule has 0 fully saturated rings. The summed E-state index contributed by atoms with van der Waals surface area (Å²) in [5, 5.41) is 4.54. The van der Waals surface area contributed by atoms with Crippen LogP contribution in [-0.4, -0.2) is 18.1 Å². The van der Waals surface area contributed by atoms with Gasteiger partial charge in [-0.3, -0.25) is 4.79 Å². The molecule has 1 heterocycles. The lowest BCUT2D eigenvalue weighted by molar-refractivity contribution is -0.128. The molecular formula is C21H13BrCl2N2O4. The Morgan fingerprint density at radius 2 is 1.97 bits per heavy atom. The first kappa shape index (κ1) is 21.8. The van der Waals surface area contributed by atoms with Gasteiger partial charge in [0.25, 0.3) is 5.91 Å². The molecular weight excluding hydrogens is 495 g/mol. The van der Waals surface area contributed by atoms with Crippen molar-refractivity contribution >= 4 is 63.3 Å². The Morgan fingerprint density at radius 3 is 2.70 bits per heavy atom. The van der Waals surface area contributed by atoms with Crippen LogP contribution in [0.1, 0.15) is 21.7 Å². The lowest BCUT2D eigenvalue weighted by Gasteiger charge is -2.06. The highest BCUT2D eigenvalue weighted by Gasteiger charge is 2.11. The molecule has 152 valence electrons. The monoisotopic (exact) mass is 506 g/mol. The quantitative estimate of drug-likeness (QED) is 0.152. The van der Waals surface area contributed by atoms with Crippen LogP contribution in [0.5, 0.6) is 5.75 Å². The zero-order valence-corrected chi connectivity index (χ0v) is 18.2. The van der Waals surface area contributed by atoms with Crippen molar-refractivity contribution in [2.75, 3.05) is 0 Å². The standard InChI is InChI=1S/C21H13BrCl2N2O4/c22-14-3-7-19(30-20(27)8-5-16-2-1-9-29-16)13(10-14)12-25-26-21(28)17-6-4-15(23)11-18(17)24/h1-12H,(H,26,28)/b8-5+,25-12-. The van der Waals surface area contributed by atoms with Crippen LogP contribution in [0, 0.1) is 0 Å². The third kappa shape index (κ3) is 6.06. The molecule has 0 unspecified atom stereocenters. The van der Waals surface area contributed by atoms with E-state index in [-0.39, 0.29) is 16.3 Å². The smallest absolute Gasteiger partial charge is 0.336 e. The first-order chi connectivity index (χ1) is 14.4. The van der Waals surface area contributed by atoms with Gasteiger partial charge in [-0.15, -0.1) is 0 Å². The maximum absolute atomic E-state index is 12.2. The highest BCUT2D eigenvalue weighted by molar-refractivity contribution is 9.10. The summed E-state index contributed by atoms with van der Waals surface area (Å²) in [7, 11) is 0. The predicted molar refractivity (Wildman–Crippen MR) is 119 cm³/mol. The fourth-order valence-corrected chi connectivity index (χ4v) is 3.16. The van der Waals surface area contributed by atoms with E-state index >= 15 is 0 Å². The van der Waals surface area contributed by atoms with Gasteiger partial charge in [0.15, 0.2) is 0 Å². The Labute approximate surface area is 190 Å². The number of hydrogen-bond donors (Lipinski definition) is 1. The maximum atomic E-state index is 12.2. The number of esters is 1. The summed E-state index contributed by atoms with van der Waals surface area (Å²) in [4.78, 5) is 24.3. The first-order valence-corrected chi connectivity index (χ1v) is 9.98. The van der Waals surface area contributed by atoms with Crippen molar-refractivity contribution in [3.05, 3.63) is 92.3 Å². The van der Waals surface area contributed by atoms with Crippen molar-refractivity contribution < 1.29 is 18.7 Å². The van der Waals surface area contributed by atoms with Gasteiger partial charge in [0.1, 0.15) is 11.5 Å². The van der Waals surface area contributed by atoms with Gasteiger partial charge in [-0.05, 0) is 54.6 Å². The summed E-state index contributed by atoms with van der Waals surface area (Å²) >= 11 is 15.2. The molecule has 0 aliphatic carbocycles. The zero-order valence-electron chi connectivity index (χ0n) is 15.1. The number of nitrogens with one attached hydrogen (secondary N) is 1. The predicted octanol–water partition coefficient (Wildman–Crippen LogP) is 5.73. The molecule has 1 amide bonds. The van der Waals surface area contributed by atoms with E-state index in [4.69, 9.17) is 32.4 Å². The van der Waals surface area contributed by atoms with Crippen LogP contribution in [0.15, 0.2) is 74.9 Å². The van der Waals surface area contributed by atoms with E-state index in [0.29, 0.717) is 16.3 Å². The Morgan fingerprint density at radius 1 is 1.13 bits per heavy atom. The van der Waals surface area contributed by atoms with Crippen molar-refractivity contribution in [2.24, 2.45) is 5.10 Å². The van der Waals surface area contributed by atoms with Gasteiger partial charge >= 0.3 is 5.97 Å². The normalized spacial score (nSPS) is 11.2. The van der Waals surface area contributed by atoms with E-state index in [1.54, 1.807) is 36.4 Å². The highest BCUT2D eigenvalue weighted by Crippen LogP contribution is 2.23. The Hall–Kier alpha value is -2.87. The average Bonchev–Trinajstić information content (AvgIpc) is 3.22. The molecule has 0 aliphatic heterocycles. The Bertz CT molecular complexity index is 1130. The van der Waals surface area contributed by atoms with E-state index in [0.717, 1.165) is 4.47 Å². The van der Waals surface area contributed by atoms with Crippen molar-refractivity contribution in [1.82, 2.24) is 5.43 Å². The lowest BCUT2D eigenvalue weighted by atomic mass is 10.2. The third-order valence-corrected chi connectivity index (χ3v) is 4.70. The summed E-state index contributed by atoms with van der Waals surface area (Å²) in [5.74, 6) is -0.328. The fraction of sp³-hybridized carbons (Fsp3) is 0. The van der Waals surface area contributed by atoms with E-state index in [2.05, 4.69) is 26.5 Å². The number of amides is 1. The molecule has 9 heteroatoms. The van der Waals surface area contributed by atoms with Crippen LogP contribution in [0.25, 0.3) is 6.08 Å². The molecule has 0 saturated heterocycles. The summed E-state index contributed by atoms with van der Waals surface area (Å²) in [6.07, 6.45) is 5.59. The summed E-state index contributed by atoms with van der Waals surface area (Å²) in [6, 6.07) is 12.9. The second-order valence-electron chi connectivity index (χ2n) is 5.78. The largest absolute Gasteiger partial charge is 0.465 e. The van der Waals surface area contributed by atoms with Crippen LogP contribution >= 0.6 is 39.1 Å². The molecule has 0 aliphatic rings. The van der Waals surface area contributed by atoms with Gasteiger partial charge in [0, 0.05) is 21.1 Å². The molecule has 30 heavy (non-hydrogen) atoms. The molecule has 3 rings (SSSR count). The molecule has 0 atom stereocenters. The number of ether oxygens (including phenoxy) is 1. The first-order valence-electron chi connectivity index (χ1n) is 8.44. The van der Waals surface area contributed by atoms with Crippen LogP contribution in [0.2, 0.25) is 10.0 Å². The number of carbonyl (C=O) groups excluding carboxylic acids is 2. The number of rotatable bonds is 6. The Kier molecular flexibility index (Phi) is 7.46. The highest BCUT2D eigenvalue weighted by atomic mass is 79.9. The second-order valence-corrected chi connectivity index (χ2v) is 7.53. The number of carbonyl (C=O) groups is 2. The SMILES string of the molecule is O=C(/C=C/c1ccco1)Oc1ccc(Br)cc1/C=N\NC(=O)c1ccc(Cl)cc1Cl. The molecule has 0 bridgehead atoms. The van der Waals surface area contributed by atoms with Gasteiger partial charge in [0.2, 0.25) is 0 Å². The number of hydrogen-bond acceptors (Lipinski definition) is 5. The number of nitrogens with zero attached hydrogens (tertiary/aromatic N) is 1. The van der Waals surface area contributed by atoms with Gasteiger partial charge in [-0.25, -0.2) is 10.2 Å². The number of furan rings is 1. The molecule has 2 aromatic carbocycles. The second kappa shape index (κ2) is 10.2. The molecule has 0 saturated carbocycles. The molecule has 3 aromatic rings. The molecule has 0 spiro atoms. The molecule has 1 N–H and O–H groups in total. The fourth-order valence-electron chi connectivity index (χ4n) is 2.29. The van der Waals surface area contributed by atoms with Crippen molar-refractivity contribution in [1.29, 1.82) is 0 Å². The van der Waals surface area contributed by atoms with Crippen LogP contribution < -0.4 is 10.2 Å². The van der Waals surface area contributed by atoms with Gasteiger partial charge in [-0.1, -0.05) is 39.1 Å². The van der Waals surface area contributed by atoms with Crippen molar-refractivity contribution in [2.45, 2.75) is 0 Å². The summed E-state index contributed by atoms with van der Waals surface area (Å²) in [5.41, 5.74) is 3.06. The van der Waals surface area contributed by atoms with E-state index in [1.165, 1.54) is 36.8 Å². The minimum atomic E-state index is -0.597. The summed E-state index contributed by atoms with van der Waals surface area (Å²) in [6.45, 7) is 0. The Balaban J connectivity index is 1.70. The summed E-state index contributed by atoms with van der Waals surface area (Å²) < 4.78 is 11.2. The zero-order chi connectivity index (χ0) is 21.5. The lowest BCUT2D eigenvalue weighted by Crippen LogP contribution is -2.18. The molecule has 6 nitrogen and oxygen atoms in total.